The van der Waals surface area contributed by atoms with Crippen molar-refractivity contribution in [3.63, 3.8) is 0 Å². The minimum atomic E-state index is -0.780. The van der Waals surface area contributed by atoms with E-state index in [9.17, 15) is 14.4 Å². The lowest BCUT2D eigenvalue weighted by Crippen LogP contribution is -2.40. The molecular weight excluding hydrogens is 370 g/mol. The van der Waals surface area contributed by atoms with E-state index in [1.165, 1.54) is 24.3 Å². The summed E-state index contributed by atoms with van der Waals surface area (Å²) in [4.78, 5) is 39.4. The average molecular weight is 397 g/mol. The first-order valence-corrected chi connectivity index (χ1v) is 9.11. The molecule has 0 fully saturated rings. The third kappa shape index (κ3) is 6.05. The fraction of sp³-hybridized carbons (Fsp3) is 0.286. The Morgan fingerprint density at radius 3 is 1.97 bits per heavy atom. The lowest BCUT2D eigenvalue weighted by Gasteiger charge is -2.25. The fourth-order valence-corrected chi connectivity index (χ4v) is 2.77. The molecule has 0 heterocycles. The van der Waals surface area contributed by atoms with Gasteiger partial charge in [-0.1, -0.05) is 12.1 Å². The Balaban J connectivity index is 1.97. The zero-order valence-corrected chi connectivity index (χ0v) is 17.1. The van der Waals surface area contributed by atoms with E-state index < -0.39 is 17.7 Å². The van der Waals surface area contributed by atoms with Crippen molar-refractivity contribution in [1.29, 1.82) is 0 Å². The van der Waals surface area contributed by atoms with E-state index in [1.54, 1.807) is 0 Å². The molecule has 0 aliphatic rings. The Morgan fingerprint density at radius 1 is 0.897 bits per heavy atom. The molecule has 8 nitrogen and oxygen atoms in total. The highest BCUT2D eigenvalue weighted by molar-refractivity contribution is 6.39. The number of hydrogen-bond acceptors (Lipinski definition) is 5. The van der Waals surface area contributed by atoms with Gasteiger partial charge in [-0.3, -0.25) is 14.4 Å². The molecule has 8 heteroatoms. The molecule has 0 radical (unpaired) electrons. The first-order valence-electron chi connectivity index (χ1n) is 9.11. The van der Waals surface area contributed by atoms with Crippen molar-refractivity contribution >= 4 is 29.1 Å². The predicted molar refractivity (Wildman–Crippen MR) is 114 cm³/mol. The summed E-state index contributed by atoms with van der Waals surface area (Å²) in [6, 6.07) is 13.9. The molecule has 0 saturated carbocycles. The van der Waals surface area contributed by atoms with Crippen molar-refractivity contribution in [2.24, 2.45) is 5.73 Å². The fourth-order valence-electron chi connectivity index (χ4n) is 2.77. The number of carbonyl (C=O) groups excluding carboxylic acids is 3. The molecule has 0 bridgehead atoms. The lowest BCUT2D eigenvalue weighted by atomic mass is 10.1. The second-order valence-corrected chi connectivity index (χ2v) is 7.07. The van der Waals surface area contributed by atoms with Crippen LogP contribution in [0, 0.1) is 0 Å². The van der Waals surface area contributed by atoms with Gasteiger partial charge in [-0.25, -0.2) is 0 Å². The third-order valence-corrected chi connectivity index (χ3v) is 4.51. The van der Waals surface area contributed by atoms with Crippen molar-refractivity contribution in [3.05, 3.63) is 59.7 Å². The van der Waals surface area contributed by atoms with E-state index in [0.29, 0.717) is 11.3 Å². The summed E-state index contributed by atoms with van der Waals surface area (Å²) in [5, 5.41) is 5.17. The highest BCUT2D eigenvalue weighted by Gasteiger charge is 2.19. The van der Waals surface area contributed by atoms with Crippen LogP contribution < -0.4 is 21.3 Å². The van der Waals surface area contributed by atoms with Gasteiger partial charge in [0, 0.05) is 37.6 Å². The second kappa shape index (κ2) is 9.70. The number of carbonyl (C=O) groups is 3. The molecule has 154 valence electrons. The number of benzene rings is 2. The molecule has 29 heavy (non-hydrogen) atoms. The number of rotatable bonds is 7. The third-order valence-electron chi connectivity index (χ3n) is 4.51. The molecule has 0 saturated heterocycles. The van der Waals surface area contributed by atoms with Crippen molar-refractivity contribution in [3.8, 4) is 0 Å². The van der Waals surface area contributed by atoms with Gasteiger partial charge in [-0.15, -0.1) is 0 Å². The Labute approximate surface area is 170 Å². The minimum absolute atomic E-state index is 0.0854. The maximum atomic E-state index is 12.2. The van der Waals surface area contributed by atoms with E-state index in [1.807, 2.05) is 62.3 Å². The van der Waals surface area contributed by atoms with Crippen LogP contribution in [0.3, 0.4) is 0 Å². The number of hydrogen-bond donors (Lipinski definition) is 3. The highest BCUT2D eigenvalue weighted by atomic mass is 16.2. The zero-order valence-electron chi connectivity index (χ0n) is 17.1. The van der Waals surface area contributed by atoms with E-state index in [4.69, 9.17) is 5.73 Å². The number of likely N-dealkylation sites (N-methyl/N-ethyl adjacent to an activating group) is 1. The Bertz CT molecular complexity index is 861. The van der Waals surface area contributed by atoms with Gasteiger partial charge < -0.3 is 26.2 Å². The average Bonchev–Trinajstić information content (AvgIpc) is 2.68. The predicted octanol–water partition coefficient (Wildman–Crippen LogP) is 1.21. The van der Waals surface area contributed by atoms with Gasteiger partial charge in [-0.2, -0.15) is 0 Å². The van der Waals surface area contributed by atoms with Crippen LogP contribution in [-0.2, 0) is 9.59 Å². The molecule has 1 atom stereocenters. The van der Waals surface area contributed by atoms with Crippen LogP contribution in [0.5, 0.6) is 0 Å². The van der Waals surface area contributed by atoms with Crippen molar-refractivity contribution < 1.29 is 14.4 Å². The van der Waals surface area contributed by atoms with Crippen molar-refractivity contribution in [1.82, 2.24) is 10.2 Å². The van der Waals surface area contributed by atoms with E-state index in [-0.39, 0.29) is 12.6 Å². The van der Waals surface area contributed by atoms with Crippen LogP contribution in [-0.4, -0.2) is 57.4 Å². The summed E-state index contributed by atoms with van der Waals surface area (Å²) >= 11 is 0. The first kappa shape index (κ1) is 21.9. The smallest absolute Gasteiger partial charge is 0.313 e. The van der Waals surface area contributed by atoms with Gasteiger partial charge in [0.1, 0.15) is 0 Å². The molecule has 0 spiro atoms. The van der Waals surface area contributed by atoms with Gasteiger partial charge in [0.15, 0.2) is 0 Å². The van der Waals surface area contributed by atoms with E-state index >= 15 is 0 Å². The van der Waals surface area contributed by atoms with Crippen LogP contribution in [0.1, 0.15) is 22.0 Å². The summed E-state index contributed by atoms with van der Waals surface area (Å²) < 4.78 is 0. The molecule has 4 N–H and O–H groups in total. The van der Waals surface area contributed by atoms with Crippen LogP contribution in [0.25, 0.3) is 0 Å². The summed E-state index contributed by atoms with van der Waals surface area (Å²) in [5.41, 5.74) is 8.01. The number of anilines is 2. The molecule has 0 aliphatic carbocycles. The monoisotopic (exact) mass is 397 g/mol. The van der Waals surface area contributed by atoms with Crippen LogP contribution in [0.4, 0.5) is 11.4 Å². The number of nitrogens with one attached hydrogen (secondary N) is 2. The molecule has 2 aromatic rings. The molecule has 0 aromatic heterocycles. The van der Waals surface area contributed by atoms with Gasteiger partial charge in [-0.05, 0) is 56.1 Å². The quantitative estimate of drug-likeness (QED) is 0.609. The number of nitrogens with zero attached hydrogens (tertiary/aromatic N) is 2. The molecule has 0 aliphatic heterocycles. The van der Waals surface area contributed by atoms with Crippen LogP contribution in [0.2, 0.25) is 0 Å². The normalized spacial score (nSPS) is 11.6. The van der Waals surface area contributed by atoms with Crippen LogP contribution in [0.15, 0.2) is 48.5 Å². The molecule has 0 unspecified atom stereocenters. The molecule has 3 amide bonds. The minimum Gasteiger partial charge on any atom is -0.378 e. The topological polar surface area (TPSA) is 108 Å². The van der Waals surface area contributed by atoms with E-state index in [2.05, 4.69) is 10.6 Å². The maximum Gasteiger partial charge on any atom is 0.313 e. The van der Waals surface area contributed by atoms with E-state index in [0.717, 1.165) is 11.3 Å². The largest absolute Gasteiger partial charge is 0.378 e. The second-order valence-electron chi connectivity index (χ2n) is 7.07. The van der Waals surface area contributed by atoms with Gasteiger partial charge in [0.2, 0.25) is 5.91 Å². The SMILES string of the molecule is CN(C)c1ccc([C@@H](CNC(=O)C(=O)Nc2ccc(C(N)=O)cc2)N(C)C)cc1. The lowest BCUT2D eigenvalue weighted by molar-refractivity contribution is -0.136. The summed E-state index contributed by atoms with van der Waals surface area (Å²) in [5.74, 6) is -2.08. The summed E-state index contributed by atoms with van der Waals surface area (Å²) in [6.07, 6.45) is 0. The van der Waals surface area contributed by atoms with Crippen molar-refractivity contribution in [2.75, 3.05) is 45.0 Å². The Morgan fingerprint density at radius 2 is 1.48 bits per heavy atom. The zero-order chi connectivity index (χ0) is 21.6. The molecule has 2 aromatic carbocycles. The van der Waals surface area contributed by atoms with Crippen LogP contribution >= 0.6 is 0 Å². The van der Waals surface area contributed by atoms with Gasteiger partial charge >= 0.3 is 11.8 Å². The Hall–Kier alpha value is -3.39. The summed E-state index contributed by atoms with van der Waals surface area (Å²) in [7, 11) is 7.77. The number of primary amides is 1. The molecule has 2 rings (SSSR count). The van der Waals surface area contributed by atoms with Crippen molar-refractivity contribution in [2.45, 2.75) is 6.04 Å². The molecular formula is C21H27N5O3. The standard InChI is InChI=1S/C21H27N5O3/c1-25(2)17-11-7-14(8-12-17)18(26(3)4)13-23-20(28)21(29)24-16-9-5-15(6-10-16)19(22)27/h5-12,18H,13H2,1-4H3,(H2,22,27)(H,23,28)(H,24,29)/t18-/m1/s1. The number of nitrogens with two attached hydrogens (primary N) is 1. The van der Waals surface area contributed by atoms with Gasteiger partial charge in [0.05, 0.1) is 6.04 Å². The summed E-state index contributed by atoms with van der Waals surface area (Å²) in [6.45, 7) is 0.279. The first-order chi connectivity index (χ1) is 13.7. The maximum absolute atomic E-state index is 12.2. The highest BCUT2D eigenvalue weighted by Crippen LogP contribution is 2.21. The van der Waals surface area contributed by atoms with Gasteiger partial charge in [0.25, 0.3) is 0 Å². The number of amides is 3. The Kier molecular flexibility index (Phi) is 7.33.